The zero-order valence-electron chi connectivity index (χ0n) is 10.4. The molecule has 0 heterocycles. The molecule has 1 fully saturated rings. The Kier molecular flexibility index (Phi) is 4.40. The molecule has 0 amide bonds. The molecule has 1 saturated carbocycles. The molecule has 1 aromatic rings. The van der Waals surface area contributed by atoms with Gasteiger partial charge in [0.1, 0.15) is 6.29 Å². The summed E-state index contributed by atoms with van der Waals surface area (Å²) >= 11 is 0. The summed E-state index contributed by atoms with van der Waals surface area (Å²) in [6.45, 7) is 0. The Hall–Kier alpha value is -1.58. The van der Waals surface area contributed by atoms with E-state index in [0.717, 1.165) is 44.1 Å². The van der Waals surface area contributed by atoms with Crippen LogP contribution in [0.4, 0.5) is 13.2 Å². The maximum atomic E-state index is 13.2. The second-order valence-electron chi connectivity index (χ2n) is 4.93. The molecule has 0 N–H and O–H groups in total. The van der Waals surface area contributed by atoms with Gasteiger partial charge in [0.2, 0.25) is 0 Å². The van der Waals surface area contributed by atoms with Crippen LogP contribution in [0, 0.1) is 23.4 Å². The average Bonchev–Trinajstić information content (AvgIpc) is 2.42. The second-order valence-corrected chi connectivity index (χ2v) is 4.93. The summed E-state index contributed by atoms with van der Waals surface area (Å²) in [4.78, 5) is 10.2. The highest BCUT2D eigenvalue weighted by atomic mass is 19.2. The molecule has 1 nitrogen and oxygen atoms in total. The Balaban J connectivity index is 2.05. The first-order chi connectivity index (χ1) is 9.11. The largest absolute Gasteiger partial charge is 0.299 e. The van der Waals surface area contributed by atoms with Crippen molar-refractivity contribution in [3.05, 3.63) is 47.3 Å². The van der Waals surface area contributed by atoms with E-state index in [1.807, 2.05) is 6.08 Å². The third-order valence-electron chi connectivity index (χ3n) is 3.71. The highest BCUT2D eigenvalue weighted by molar-refractivity contribution is 5.64. The number of halogens is 3. The van der Waals surface area contributed by atoms with Crippen LogP contribution in [0.5, 0.6) is 0 Å². The Morgan fingerprint density at radius 2 is 1.58 bits per heavy atom. The lowest BCUT2D eigenvalue weighted by atomic mass is 9.78. The molecule has 0 radical (unpaired) electrons. The van der Waals surface area contributed by atoms with Crippen LogP contribution in [0.2, 0.25) is 0 Å². The summed E-state index contributed by atoms with van der Waals surface area (Å²) < 4.78 is 39.2. The van der Waals surface area contributed by atoms with Crippen molar-refractivity contribution in [1.82, 2.24) is 0 Å². The van der Waals surface area contributed by atoms with Crippen LogP contribution in [0.15, 0.2) is 24.3 Å². The van der Waals surface area contributed by atoms with Gasteiger partial charge in [-0.2, -0.15) is 0 Å². The van der Waals surface area contributed by atoms with Crippen molar-refractivity contribution in [2.24, 2.45) is 5.92 Å². The summed E-state index contributed by atoms with van der Waals surface area (Å²) in [5.74, 6) is -3.26. The predicted octanol–water partition coefficient (Wildman–Crippen LogP) is 4.13. The third-order valence-corrected chi connectivity index (χ3v) is 3.71. The molecular weight excluding hydrogens is 253 g/mol. The first-order valence-corrected chi connectivity index (χ1v) is 6.38. The molecule has 102 valence electrons. The number of carbonyl (C=O) groups excluding carboxylic acids is 1. The standard InChI is InChI=1S/C15H15F3O/c16-13-8-12(9-14(17)15(13)18)11-5-3-10(4-6-11)2-1-7-19/h1-2,7-11H,3-6H2. The molecule has 0 aromatic heterocycles. The molecule has 0 unspecified atom stereocenters. The SMILES string of the molecule is O=CC=CC1CCC(c2cc(F)c(F)c(F)c2)CC1. The van der Waals surface area contributed by atoms with Crippen molar-refractivity contribution < 1.29 is 18.0 Å². The number of carbonyl (C=O) groups is 1. The van der Waals surface area contributed by atoms with E-state index in [0.29, 0.717) is 11.5 Å². The Morgan fingerprint density at radius 3 is 2.11 bits per heavy atom. The van der Waals surface area contributed by atoms with E-state index in [9.17, 15) is 18.0 Å². The van der Waals surface area contributed by atoms with Gasteiger partial charge in [-0.1, -0.05) is 6.08 Å². The van der Waals surface area contributed by atoms with Crippen molar-refractivity contribution in [2.45, 2.75) is 31.6 Å². The van der Waals surface area contributed by atoms with Crippen molar-refractivity contribution >= 4 is 6.29 Å². The number of benzene rings is 1. The Morgan fingerprint density at radius 1 is 1.00 bits per heavy atom. The molecule has 0 atom stereocenters. The fourth-order valence-electron chi connectivity index (χ4n) is 2.66. The molecule has 0 aliphatic heterocycles. The molecule has 1 aliphatic carbocycles. The fraction of sp³-hybridized carbons (Fsp3) is 0.400. The van der Waals surface area contributed by atoms with Gasteiger partial charge in [-0.15, -0.1) is 0 Å². The Labute approximate surface area is 110 Å². The van der Waals surface area contributed by atoms with Gasteiger partial charge in [-0.3, -0.25) is 4.79 Å². The highest BCUT2D eigenvalue weighted by Crippen LogP contribution is 2.37. The van der Waals surface area contributed by atoms with Gasteiger partial charge in [-0.25, -0.2) is 13.2 Å². The number of hydrogen-bond acceptors (Lipinski definition) is 1. The highest BCUT2D eigenvalue weighted by Gasteiger charge is 2.23. The average molecular weight is 268 g/mol. The summed E-state index contributed by atoms with van der Waals surface area (Å²) in [5, 5.41) is 0. The lowest BCUT2D eigenvalue weighted by Crippen LogP contribution is -2.12. The van der Waals surface area contributed by atoms with E-state index in [1.165, 1.54) is 6.08 Å². The zero-order chi connectivity index (χ0) is 13.8. The lowest BCUT2D eigenvalue weighted by molar-refractivity contribution is -0.104. The van der Waals surface area contributed by atoms with Gasteiger partial charge >= 0.3 is 0 Å². The smallest absolute Gasteiger partial charge is 0.194 e. The first-order valence-electron chi connectivity index (χ1n) is 6.38. The minimum absolute atomic E-state index is 0.0606. The van der Waals surface area contributed by atoms with Crippen LogP contribution < -0.4 is 0 Å². The van der Waals surface area contributed by atoms with Crippen LogP contribution in [0.25, 0.3) is 0 Å². The summed E-state index contributed by atoms with van der Waals surface area (Å²) in [6, 6.07) is 2.18. The normalized spacial score (nSPS) is 23.7. The van der Waals surface area contributed by atoms with Crippen LogP contribution in [0.1, 0.15) is 37.2 Å². The van der Waals surface area contributed by atoms with Crippen LogP contribution >= 0.6 is 0 Å². The Bertz CT molecular complexity index is 465. The molecule has 0 spiro atoms. The van der Waals surface area contributed by atoms with Gasteiger partial charge in [0.05, 0.1) is 0 Å². The first kappa shape index (κ1) is 13.8. The van der Waals surface area contributed by atoms with E-state index in [2.05, 4.69) is 0 Å². The maximum absolute atomic E-state index is 13.2. The molecule has 4 heteroatoms. The summed E-state index contributed by atoms with van der Waals surface area (Å²) in [5.41, 5.74) is 0.522. The fourth-order valence-corrected chi connectivity index (χ4v) is 2.66. The van der Waals surface area contributed by atoms with Gasteiger partial charge in [0.15, 0.2) is 17.5 Å². The summed E-state index contributed by atoms with van der Waals surface area (Å²) in [7, 11) is 0. The number of hydrogen-bond donors (Lipinski definition) is 0. The van der Waals surface area contributed by atoms with Crippen molar-refractivity contribution in [1.29, 1.82) is 0 Å². The molecule has 2 rings (SSSR count). The second kappa shape index (κ2) is 6.04. The molecule has 1 aromatic carbocycles. The monoisotopic (exact) mass is 268 g/mol. The van der Waals surface area contributed by atoms with Crippen molar-refractivity contribution in [2.75, 3.05) is 0 Å². The predicted molar refractivity (Wildman–Crippen MR) is 66.2 cm³/mol. The minimum atomic E-state index is -1.41. The third kappa shape index (κ3) is 3.25. The van der Waals surface area contributed by atoms with Crippen LogP contribution in [-0.4, -0.2) is 6.29 Å². The van der Waals surface area contributed by atoms with Crippen LogP contribution in [-0.2, 0) is 4.79 Å². The van der Waals surface area contributed by atoms with Gasteiger partial charge in [-0.05, 0) is 61.3 Å². The molecular formula is C15H15F3O. The maximum Gasteiger partial charge on any atom is 0.194 e. The molecule has 0 saturated heterocycles. The zero-order valence-corrected chi connectivity index (χ0v) is 10.4. The topological polar surface area (TPSA) is 17.1 Å². The molecule has 19 heavy (non-hydrogen) atoms. The number of rotatable bonds is 3. The van der Waals surface area contributed by atoms with E-state index >= 15 is 0 Å². The van der Waals surface area contributed by atoms with Crippen LogP contribution in [0.3, 0.4) is 0 Å². The van der Waals surface area contributed by atoms with E-state index < -0.39 is 17.5 Å². The van der Waals surface area contributed by atoms with Crippen molar-refractivity contribution in [3.8, 4) is 0 Å². The van der Waals surface area contributed by atoms with E-state index in [1.54, 1.807) is 0 Å². The van der Waals surface area contributed by atoms with Crippen molar-refractivity contribution in [3.63, 3.8) is 0 Å². The van der Waals surface area contributed by atoms with E-state index in [-0.39, 0.29) is 5.92 Å². The van der Waals surface area contributed by atoms with Gasteiger partial charge < -0.3 is 0 Å². The number of allylic oxidation sites excluding steroid dienone is 2. The minimum Gasteiger partial charge on any atom is -0.299 e. The quantitative estimate of drug-likeness (QED) is 0.457. The number of aldehydes is 1. The van der Waals surface area contributed by atoms with E-state index in [4.69, 9.17) is 0 Å². The lowest BCUT2D eigenvalue weighted by Gasteiger charge is -2.27. The summed E-state index contributed by atoms with van der Waals surface area (Å²) in [6.07, 6.45) is 7.43. The van der Waals surface area contributed by atoms with Gasteiger partial charge in [0, 0.05) is 0 Å². The van der Waals surface area contributed by atoms with Gasteiger partial charge in [0.25, 0.3) is 0 Å². The molecule has 0 bridgehead atoms. The molecule has 1 aliphatic rings.